The van der Waals surface area contributed by atoms with Gasteiger partial charge in [0, 0.05) is 6.54 Å². The number of benzene rings is 1. The standard InChI is InChI=1S/C13H17N3OS/c1-3-9-14-13(18)16-15-12(4-2)10-5-7-11(17)8-6-10/h3,5-8,17H,1,4,9H2,2H3,(H2,14,16,18)/b15-12+. The van der Waals surface area contributed by atoms with Gasteiger partial charge < -0.3 is 10.4 Å². The lowest BCUT2D eigenvalue weighted by Gasteiger charge is -2.07. The topological polar surface area (TPSA) is 56.7 Å². The van der Waals surface area contributed by atoms with E-state index in [1.165, 1.54) is 0 Å². The van der Waals surface area contributed by atoms with Crippen molar-refractivity contribution in [1.29, 1.82) is 0 Å². The summed E-state index contributed by atoms with van der Waals surface area (Å²) in [5.74, 6) is 0.241. The van der Waals surface area contributed by atoms with Gasteiger partial charge in [-0.25, -0.2) is 0 Å². The second-order valence-corrected chi connectivity index (χ2v) is 3.98. The smallest absolute Gasteiger partial charge is 0.187 e. The van der Waals surface area contributed by atoms with E-state index in [1.807, 2.05) is 19.1 Å². The second-order valence-electron chi connectivity index (χ2n) is 3.57. The maximum Gasteiger partial charge on any atom is 0.187 e. The molecule has 18 heavy (non-hydrogen) atoms. The van der Waals surface area contributed by atoms with Crippen molar-refractivity contribution in [3.05, 3.63) is 42.5 Å². The van der Waals surface area contributed by atoms with Crippen molar-refractivity contribution in [3.63, 3.8) is 0 Å². The lowest BCUT2D eigenvalue weighted by Crippen LogP contribution is -2.32. The van der Waals surface area contributed by atoms with Crippen LogP contribution in [0.25, 0.3) is 0 Å². The van der Waals surface area contributed by atoms with Crippen LogP contribution in [-0.4, -0.2) is 22.5 Å². The summed E-state index contributed by atoms with van der Waals surface area (Å²) in [6, 6.07) is 6.91. The van der Waals surface area contributed by atoms with Crippen molar-refractivity contribution in [2.24, 2.45) is 5.10 Å². The Morgan fingerprint density at radius 3 is 2.67 bits per heavy atom. The van der Waals surface area contributed by atoms with Gasteiger partial charge in [0.15, 0.2) is 5.11 Å². The molecule has 5 heteroatoms. The van der Waals surface area contributed by atoms with Crippen LogP contribution < -0.4 is 10.7 Å². The largest absolute Gasteiger partial charge is 0.508 e. The molecule has 96 valence electrons. The number of hydrazone groups is 1. The van der Waals surface area contributed by atoms with Gasteiger partial charge in [-0.2, -0.15) is 5.10 Å². The maximum atomic E-state index is 9.23. The molecule has 0 saturated carbocycles. The third-order valence-electron chi connectivity index (χ3n) is 2.23. The van der Waals surface area contributed by atoms with E-state index in [1.54, 1.807) is 18.2 Å². The van der Waals surface area contributed by atoms with E-state index in [0.717, 1.165) is 17.7 Å². The molecule has 0 atom stereocenters. The Labute approximate surface area is 112 Å². The monoisotopic (exact) mass is 263 g/mol. The molecule has 4 nitrogen and oxygen atoms in total. The molecule has 0 radical (unpaired) electrons. The molecular weight excluding hydrogens is 246 g/mol. The lowest BCUT2D eigenvalue weighted by molar-refractivity contribution is 0.475. The zero-order valence-electron chi connectivity index (χ0n) is 10.3. The Hall–Kier alpha value is -1.88. The van der Waals surface area contributed by atoms with E-state index in [-0.39, 0.29) is 5.75 Å². The lowest BCUT2D eigenvalue weighted by atomic mass is 10.1. The van der Waals surface area contributed by atoms with Gasteiger partial charge in [0.1, 0.15) is 5.75 Å². The number of hydrogen-bond donors (Lipinski definition) is 3. The van der Waals surface area contributed by atoms with Crippen LogP contribution in [0.2, 0.25) is 0 Å². The summed E-state index contributed by atoms with van der Waals surface area (Å²) in [7, 11) is 0. The Bertz CT molecular complexity index is 440. The van der Waals surface area contributed by atoms with Gasteiger partial charge in [-0.05, 0) is 48.5 Å². The Balaban J connectivity index is 2.68. The molecule has 3 N–H and O–H groups in total. The molecule has 0 spiro atoms. The normalized spacial score (nSPS) is 10.8. The van der Waals surface area contributed by atoms with Crippen LogP contribution in [0.5, 0.6) is 5.75 Å². The zero-order chi connectivity index (χ0) is 13.4. The second kappa shape index (κ2) is 7.45. The predicted molar refractivity (Wildman–Crippen MR) is 78.9 cm³/mol. The summed E-state index contributed by atoms with van der Waals surface area (Å²) in [6.07, 6.45) is 2.49. The van der Waals surface area contributed by atoms with Crippen LogP contribution in [0.15, 0.2) is 42.0 Å². The molecule has 0 aliphatic carbocycles. The molecule has 0 aliphatic rings. The minimum absolute atomic E-state index is 0.241. The number of nitrogens with one attached hydrogen (secondary N) is 2. The minimum Gasteiger partial charge on any atom is -0.508 e. The first-order valence-corrected chi connectivity index (χ1v) is 6.09. The molecule has 0 heterocycles. The van der Waals surface area contributed by atoms with Gasteiger partial charge in [-0.1, -0.05) is 13.0 Å². The molecule has 0 saturated heterocycles. The molecule has 0 amide bonds. The highest BCUT2D eigenvalue weighted by Crippen LogP contribution is 2.11. The van der Waals surface area contributed by atoms with Crippen LogP contribution >= 0.6 is 12.2 Å². The van der Waals surface area contributed by atoms with E-state index in [2.05, 4.69) is 22.4 Å². The van der Waals surface area contributed by atoms with Crippen LogP contribution in [-0.2, 0) is 0 Å². The first-order valence-electron chi connectivity index (χ1n) is 5.68. The molecular formula is C13H17N3OS. The van der Waals surface area contributed by atoms with E-state index in [0.29, 0.717) is 11.7 Å². The highest BCUT2D eigenvalue weighted by molar-refractivity contribution is 7.80. The molecule has 0 aromatic heterocycles. The average molecular weight is 263 g/mol. The predicted octanol–water partition coefficient (Wildman–Crippen LogP) is 2.16. The number of aromatic hydroxyl groups is 1. The molecule has 0 aliphatic heterocycles. The number of hydrogen-bond acceptors (Lipinski definition) is 3. The van der Waals surface area contributed by atoms with Gasteiger partial charge >= 0.3 is 0 Å². The fraction of sp³-hybridized carbons (Fsp3) is 0.231. The van der Waals surface area contributed by atoms with Crippen LogP contribution in [0.3, 0.4) is 0 Å². The SMILES string of the molecule is C=CCNC(=S)N/N=C(\CC)c1ccc(O)cc1. The Morgan fingerprint density at radius 1 is 1.44 bits per heavy atom. The third-order valence-corrected chi connectivity index (χ3v) is 2.47. The van der Waals surface area contributed by atoms with E-state index in [9.17, 15) is 5.11 Å². The summed E-state index contributed by atoms with van der Waals surface area (Å²) < 4.78 is 0. The third kappa shape index (κ3) is 4.55. The van der Waals surface area contributed by atoms with Crippen molar-refractivity contribution in [2.45, 2.75) is 13.3 Å². The fourth-order valence-corrected chi connectivity index (χ4v) is 1.45. The number of thiocarbonyl (C=S) groups is 1. The summed E-state index contributed by atoms with van der Waals surface area (Å²) in [4.78, 5) is 0. The number of nitrogens with zero attached hydrogens (tertiary/aromatic N) is 1. The van der Waals surface area contributed by atoms with Crippen molar-refractivity contribution >= 4 is 23.0 Å². The number of rotatable bonds is 5. The van der Waals surface area contributed by atoms with Crippen LogP contribution in [0.1, 0.15) is 18.9 Å². The van der Waals surface area contributed by atoms with E-state index in [4.69, 9.17) is 12.2 Å². The first-order chi connectivity index (χ1) is 8.67. The van der Waals surface area contributed by atoms with Crippen molar-refractivity contribution in [3.8, 4) is 5.75 Å². The molecule has 0 bridgehead atoms. The fourth-order valence-electron chi connectivity index (χ4n) is 1.32. The van der Waals surface area contributed by atoms with Gasteiger partial charge in [0.25, 0.3) is 0 Å². The summed E-state index contributed by atoms with van der Waals surface area (Å²) >= 11 is 5.04. The zero-order valence-corrected chi connectivity index (χ0v) is 11.1. The number of phenols is 1. The molecule has 1 aromatic rings. The van der Waals surface area contributed by atoms with E-state index < -0.39 is 0 Å². The van der Waals surface area contributed by atoms with E-state index >= 15 is 0 Å². The highest BCUT2D eigenvalue weighted by atomic mass is 32.1. The van der Waals surface area contributed by atoms with Crippen molar-refractivity contribution in [2.75, 3.05) is 6.54 Å². The maximum absolute atomic E-state index is 9.23. The summed E-state index contributed by atoms with van der Waals surface area (Å²) in [6.45, 7) is 6.20. The Morgan fingerprint density at radius 2 is 2.11 bits per heavy atom. The average Bonchev–Trinajstić information content (AvgIpc) is 2.39. The van der Waals surface area contributed by atoms with Gasteiger partial charge in [0.05, 0.1) is 5.71 Å². The van der Waals surface area contributed by atoms with Crippen molar-refractivity contribution in [1.82, 2.24) is 10.7 Å². The molecule has 0 fully saturated rings. The van der Waals surface area contributed by atoms with Crippen LogP contribution in [0, 0.1) is 0 Å². The summed E-state index contributed by atoms with van der Waals surface area (Å²) in [5.41, 5.74) is 4.61. The first kappa shape index (κ1) is 14.2. The Kier molecular flexibility index (Phi) is 5.87. The van der Waals surface area contributed by atoms with Gasteiger partial charge in [0.2, 0.25) is 0 Å². The van der Waals surface area contributed by atoms with Crippen LogP contribution in [0.4, 0.5) is 0 Å². The quantitative estimate of drug-likeness (QED) is 0.330. The van der Waals surface area contributed by atoms with Crippen molar-refractivity contribution < 1.29 is 5.11 Å². The molecule has 1 rings (SSSR count). The molecule has 0 unspecified atom stereocenters. The summed E-state index contributed by atoms with van der Waals surface area (Å²) in [5, 5.41) is 16.9. The minimum atomic E-state index is 0.241. The highest BCUT2D eigenvalue weighted by Gasteiger charge is 2.01. The van der Waals surface area contributed by atoms with Gasteiger partial charge in [-0.3, -0.25) is 5.43 Å². The number of phenolic OH excluding ortho intramolecular Hbond substituents is 1. The molecule has 1 aromatic carbocycles. The van der Waals surface area contributed by atoms with Gasteiger partial charge in [-0.15, -0.1) is 6.58 Å².